The molecule has 2 nitrogen and oxygen atoms in total. The standard InChI is InChI=1S/C3H8N2/c1-3(5)2-4/h2-4H,5H2,1H3/t3-/m0/s1. The second kappa shape index (κ2) is 1.91. The maximum absolute atomic E-state index is 6.41. The first-order valence-electron chi connectivity index (χ1n) is 1.53. The van der Waals surface area contributed by atoms with Gasteiger partial charge in [-0.1, -0.05) is 0 Å². The summed E-state index contributed by atoms with van der Waals surface area (Å²) in [4.78, 5) is 0. The summed E-state index contributed by atoms with van der Waals surface area (Å²) in [5, 5.41) is 6.41. The van der Waals surface area contributed by atoms with Gasteiger partial charge in [0, 0.05) is 12.3 Å². The zero-order valence-electron chi connectivity index (χ0n) is 3.23. The van der Waals surface area contributed by atoms with Crippen LogP contribution in [0.15, 0.2) is 0 Å². The van der Waals surface area contributed by atoms with E-state index >= 15 is 0 Å². The minimum Gasteiger partial charge on any atom is -0.323 e. The highest BCUT2D eigenvalue weighted by Crippen LogP contribution is 1.56. The maximum atomic E-state index is 6.41. The Labute approximate surface area is 31.5 Å². The van der Waals surface area contributed by atoms with Crippen molar-refractivity contribution in [2.45, 2.75) is 13.0 Å². The molecule has 0 saturated heterocycles. The van der Waals surface area contributed by atoms with Gasteiger partial charge >= 0.3 is 0 Å². The van der Waals surface area contributed by atoms with Crippen LogP contribution in [0.3, 0.4) is 0 Å². The van der Waals surface area contributed by atoms with Crippen LogP contribution in [0.25, 0.3) is 0 Å². The predicted octanol–water partition coefficient (Wildman–Crippen LogP) is -0.0168. The quantitative estimate of drug-likeness (QED) is 0.420. The minimum absolute atomic E-state index is 0.0741. The third-order valence-electron chi connectivity index (χ3n) is 0.263. The van der Waals surface area contributed by atoms with Gasteiger partial charge < -0.3 is 11.1 Å². The van der Waals surface area contributed by atoms with Crippen LogP contribution in [-0.4, -0.2) is 12.3 Å². The molecule has 0 rings (SSSR count). The normalized spacial score (nSPS) is 14.0. The Balaban J connectivity index is 2.83. The number of nitrogens with two attached hydrogens (primary N) is 1. The Hall–Kier alpha value is -0.370. The van der Waals surface area contributed by atoms with Crippen LogP contribution in [0.4, 0.5) is 0 Å². The number of hydrogen-bond acceptors (Lipinski definition) is 2. The molecule has 0 aromatic carbocycles. The lowest BCUT2D eigenvalue weighted by atomic mass is 10.4. The van der Waals surface area contributed by atoms with Crippen LogP contribution in [0.2, 0.25) is 0 Å². The average Bonchev–Trinajstić information content (AvgIpc) is 1.38. The highest BCUT2D eigenvalue weighted by atomic mass is 14.6. The summed E-state index contributed by atoms with van der Waals surface area (Å²) in [6.07, 6.45) is 1.19. The Kier molecular flexibility index (Phi) is 1.76. The van der Waals surface area contributed by atoms with E-state index in [0.29, 0.717) is 0 Å². The molecule has 1 atom stereocenters. The van der Waals surface area contributed by atoms with Crippen molar-refractivity contribution in [1.82, 2.24) is 0 Å². The summed E-state index contributed by atoms with van der Waals surface area (Å²) in [5.74, 6) is 0. The molecule has 0 aromatic heterocycles. The SMILES string of the molecule is C[C@H](N)C=N. The molecule has 0 aromatic rings. The van der Waals surface area contributed by atoms with Gasteiger partial charge in [-0.25, -0.2) is 0 Å². The van der Waals surface area contributed by atoms with Gasteiger partial charge in [-0.05, 0) is 6.92 Å². The molecule has 5 heavy (non-hydrogen) atoms. The Morgan fingerprint density at radius 1 is 2.00 bits per heavy atom. The Bertz CT molecular complexity index is 31.9. The van der Waals surface area contributed by atoms with Crippen molar-refractivity contribution in [3.8, 4) is 0 Å². The van der Waals surface area contributed by atoms with Crippen LogP contribution in [0.1, 0.15) is 6.92 Å². The zero-order chi connectivity index (χ0) is 4.28. The fraction of sp³-hybridized carbons (Fsp3) is 0.667. The molecule has 0 aliphatic carbocycles. The second-order valence-corrected chi connectivity index (χ2v) is 1.03. The maximum Gasteiger partial charge on any atom is 0.0363 e. The van der Waals surface area contributed by atoms with Crippen LogP contribution in [-0.2, 0) is 0 Å². The fourth-order valence-corrected chi connectivity index (χ4v) is 0. The number of hydrogen-bond donors (Lipinski definition) is 2. The van der Waals surface area contributed by atoms with Gasteiger partial charge in [-0.3, -0.25) is 0 Å². The summed E-state index contributed by atoms with van der Waals surface area (Å²) in [6, 6.07) is -0.0741. The first kappa shape index (κ1) is 4.63. The second-order valence-electron chi connectivity index (χ2n) is 1.03. The van der Waals surface area contributed by atoms with Crippen LogP contribution >= 0.6 is 0 Å². The summed E-state index contributed by atoms with van der Waals surface area (Å²) < 4.78 is 0. The molecule has 0 unspecified atom stereocenters. The lowest BCUT2D eigenvalue weighted by molar-refractivity contribution is 0.989. The van der Waals surface area contributed by atoms with Gasteiger partial charge in [0.1, 0.15) is 0 Å². The van der Waals surface area contributed by atoms with Crippen molar-refractivity contribution in [1.29, 1.82) is 5.41 Å². The fourth-order valence-electron chi connectivity index (χ4n) is 0. The van der Waals surface area contributed by atoms with E-state index in [1.54, 1.807) is 6.92 Å². The smallest absolute Gasteiger partial charge is 0.0363 e. The van der Waals surface area contributed by atoms with E-state index in [0.717, 1.165) is 0 Å². The largest absolute Gasteiger partial charge is 0.323 e. The number of rotatable bonds is 1. The van der Waals surface area contributed by atoms with Gasteiger partial charge in [0.05, 0.1) is 0 Å². The van der Waals surface area contributed by atoms with E-state index in [-0.39, 0.29) is 6.04 Å². The van der Waals surface area contributed by atoms with E-state index < -0.39 is 0 Å². The first-order valence-corrected chi connectivity index (χ1v) is 1.53. The lowest BCUT2D eigenvalue weighted by Gasteiger charge is -1.84. The molecule has 3 N–H and O–H groups in total. The molecule has 0 bridgehead atoms. The topological polar surface area (TPSA) is 49.9 Å². The predicted molar refractivity (Wildman–Crippen MR) is 22.4 cm³/mol. The van der Waals surface area contributed by atoms with E-state index in [1.165, 1.54) is 6.21 Å². The molecule has 0 fully saturated rings. The molecule has 2 heteroatoms. The third-order valence-corrected chi connectivity index (χ3v) is 0.263. The molecule has 30 valence electrons. The van der Waals surface area contributed by atoms with Crippen molar-refractivity contribution < 1.29 is 0 Å². The monoisotopic (exact) mass is 72.1 g/mol. The van der Waals surface area contributed by atoms with Crippen molar-refractivity contribution in [3.63, 3.8) is 0 Å². The van der Waals surface area contributed by atoms with Gasteiger partial charge in [-0.2, -0.15) is 0 Å². The van der Waals surface area contributed by atoms with Gasteiger partial charge in [0.25, 0.3) is 0 Å². The van der Waals surface area contributed by atoms with Crippen molar-refractivity contribution in [3.05, 3.63) is 0 Å². The van der Waals surface area contributed by atoms with Crippen LogP contribution < -0.4 is 5.73 Å². The molecule has 0 saturated carbocycles. The third kappa shape index (κ3) is 3.63. The van der Waals surface area contributed by atoms with Gasteiger partial charge in [0.2, 0.25) is 0 Å². The Morgan fingerprint density at radius 2 is 2.20 bits per heavy atom. The van der Waals surface area contributed by atoms with Crippen molar-refractivity contribution in [2.75, 3.05) is 0 Å². The van der Waals surface area contributed by atoms with Crippen LogP contribution in [0.5, 0.6) is 0 Å². The molecule has 0 heterocycles. The highest BCUT2D eigenvalue weighted by molar-refractivity contribution is 5.59. The lowest BCUT2D eigenvalue weighted by Crippen LogP contribution is -2.14. The molecule has 0 aliphatic heterocycles. The van der Waals surface area contributed by atoms with E-state index in [2.05, 4.69) is 0 Å². The summed E-state index contributed by atoms with van der Waals surface area (Å²) in [7, 11) is 0. The Morgan fingerprint density at radius 3 is 2.20 bits per heavy atom. The van der Waals surface area contributed by atoms with Gasteiger partial charge in [0.15, 0.2) is 0 Å². The molecular formula is C3H8N2. The van der Waals surface area contributed by atoms with E-state index in [1.807, 2.05) is 0 Å². The van der Waals surface area contributed by atoms with Gasteiger partial charge in [-0.15, -0.1) is 0 Å². The first-order chi connectivity index (χ1) is 2.27. The molecule has 0 spiro atoms. The average molecular weight is 72.1 g/mol. The molecule has 0 aliphatic rings. The zero-order valence-corrected chi connectivity index (χ0v) is 3.23. The van der Waals surface area contributed by atoms with Crippen molar-refractivity contribution in [2.24, 2.45) is 5.73 Å². The van der Waals surface area contributed by atoms with E-state index in [4.69, 9.17) is 11.1 Å². The van der Waals surface area contributed by atoms with Crippen LogP contribution in [0, 0.1) is 5.41 Å². The molecular weight excluding hydrogens is 64.0 g/mol. The molecule has 0 amide bonds. The minimum atomic E-state index is -0.0741. The number of nitrogens with one attached hydrogen (secondary N) is 1. The molecule has 0 radical (unpaired) electrons. The summed E-state index contributed by atoms with van der Waals surface area (Å²) in [5.41, 5.74) is 5.05. The highest BCUT2D eigenvalue weighted by Gasteiger charge is 1.75. The van der Waals surface area contributed by atoms with Crippen molar-refractivity contribution >= 4 is 6.21 Å². The van der Waals surface area contributed by atoms with E-state index in [9.17, 15) is 0 Å². The summed E-state index contributed by atoms with van der Waals surface area (Å²) >= 11 is 0. The summed E-state index contributed by atoms with van der Waals surface area (Å²) in [6.45, 7) is 1.76.